The van der Waals surface area contributed by atoms with Gasteiger partial charge in [0.1, 0.15) is 5.82 Å². The standard InChI is InChI=1S/C7H6F3NO/c8-5-1-2-7(11-3-5)12-4-6(9)10/h1-3,6H,4H2. The SMILES string of the molecule is Fc1ccc(OCC(F)F)nc1. The first-order chi connectivity index (χ1) is 5.68. The van der Waals surface area contributed by atoms with Crippen LogP contribution in [0.25, 0.3) is 0 Å². The van der Waals surface area contributed by atoms with Crippen LogP contribution in [-0.2, 0) is 0 Å². The number of nitrogens with zero attached hydrogens (tertiary/aromatic N) is 1. The van der Waals surface area contributed by atoms with Crippen molar-refractivity contribution >= 4 is 0 Å². The molecule has 5 heteroatoms. The molecule has 0 saturated heterocycles. The highest BCUT2D eigenvalue weighted by Crippen LogP contribution is 2.07. The van der Waals surface area contributed by atoms with Gasteiger partial charge in [-0.05, 0) is 6.07 Å². The Labute approximate surface area is 67.0 Å². The van der Waals surface area contributed by atoms with Gasteiger partial charge >= 0.3 is 0 Å². The monoisotopic (exact) mass is 177 g/mol. The summed E-state index contributed by atoms with van der Waals surface area (Å²) in [5, 5.41) is 0. The van der Waals surface area contributed by atoms with Crippen molar-refractivity contribution in [3.8, 4) is 5.88 Å². The molecular formula is C7H6F3NO. The van der Waals surface area contributed by atoms with E-state index in [-0.39, 0.29) is 5.88 Å². The molecule has 2 nitrogen and oxygen atoms in total. The summed E-state index contributed by atoms with van der Waals surface area (Å²) in [5.74, 6) is -0.531. The van der Waals surface area contributed by atoms with Crippen LogP contribution >= 0.6 is 0 Å². The molecule has 0 bridgehead atoms. The molecule has 12 heavy (non-hydrogen) atoms. The third-order valence-corrected chi connectivity index (χ3v) is 1.06. The van der Waals surface area contributed by atoms with Crippen molar-refractivity contribution in [1.29, 1.82) is 0 Å². The molecule has 1 aromatic rings. The zero-order valence-electron chi connectivity index (χ0n) is 6.01. The molecule has 0 atom stereocenters. The molecule has 66 valence electrons. The summed E-state index contributed by atoms with van der Waals surface area (Å²) in [6.07, 6.45) is -1.64. The number of aromatic nitrogens is 1. The minimum atomic E-state index is -2.54. The predicted molar refractivity (Wildman–Crippen MR) is 35.7 cm³/mol. The fourth-order valence-electron chi connectivity index (χ4n) is 0.596. The smallest absolute Gasteiger partial charge is 0.272 e. The van der Waals surface area contributed by atoms with Gasteiger partial charge in [-0.1, -0.05) is 0 Å². The van der Waals surface area contributed by atoms with E-state index < -0.39 is 18.8 Å². The first-order valence-corrected chi connectivity index (χ1v) is 3.21. The summed E-state index contributed by atoms with van der Waals surface area (Å²) >= 11 is 0. The highest BCUT2D eigenvalue weighted by Gasteiger charge is 2.03. The highest BCUT2D eigenvalue weighted by atomic mass is 19.3. The first-order valence-electron chi connectivity index (χ1n) is 3.21. The molecule has 0 aliphatic carbocycles. The van der Waals surface area contributed by atoms with Gasteiger partial charge in [0.15, 0.2) is 6.61 Å². The lowest BCUT2D eigenvalue weighted by Crippen LogP contribution is -2.07. The maximum absolute atomic E-state index is 12.2. The summed E-state index contributed by atoms with van der Waals surface area (Å²) in [5.41, 5.74) is 0. The van der Waals surface area contributed by atoms with Gasteiger partial charge in [0, 0.05) is 6.07 Å². The molecule has 0 aromatic carbocycles. The Bertz CT molecular complexity index is 237. The summed E-state index contributed by atoms with van der Waals surface area (Å²) in [6.45, 7) is -0.724. The Morgan fingerprint density at radius 3 is 2.67 bits per heavy atom. The largest absolute Gasteiger partial charge is 0.472 e. The van der Waals surface area contributed by atoms with E-state index in [1.165, 1.54) is 6.07 Å². The molecule has 0 unspecified atom stereocenters. The van der Waals surface area contributed by atoms with E-state index in [1.807, 2.05) is 0 Å². The van der Waals surface area contributed by atoms with Crippen molar-refractivity contribution in [2.75, 3.05) is 6.61 Å². The molecule has 0 saturated carbocycles. The molecule has 0 amide bonds. The summed E-state index contributed by atoms with van der Waals surface area (Å²) in [7, 11) is 0. The first kappa shape index (κ1) is 8.83. The zero-order valence-corrected chi connectivity index (χ0v) is 6.01. The second-order valence-corrected chi connectivity index (χ2v) is 2.02. The van der Waals surface area contributed by atoms with Gasteiger partial charge in [0.25, 0.3) is 6.43 Å². The lowest BCUT2D eigenvalue weighted by molar-refractivity contribution is 0.0795. The average Bonchev–Trinajstić information content (AvgIpc) is 2.03. The van der Waals surface area contributed by atoms with Crippen molar-refractivity contribution in [3.63, 3.8) is 0 Å². The summed E-state index contributed by atoms with van der Waals surface area (Å²) in [4.78, 5) is 3.42. The second kappa shape index (κ2) is 3.94. The minimum absolute atomic E-state index is 0.00306. The van der Waals surface area contributed by atoms with E-state index in [9.17, 15) is 13.2 Å². The van der Waals surface area contributed by atoms with Crippen LogP contribution in [0, 0.1) is 5.82 Å². The van der Waals surface area contributed by atoms with Crippen molar-refractivity contribution in [2.24, 2.45) is 0 Å². The number of rotatable bonds is 3. The van der Waals surface area contributed by atoms with Crippen LogP contribution in [0.15, 0.2) is 18.3 Å². The molecule has 0 fully saturated rings. The Balaban J connectivity index is 2.48. The van der Waals surface area contributed by atoms with Crippen molar-refractivity contribution in [2.45, 2.75) is 6.43 Å². The van der Waals surface area contributed by atoms with Gasteiger partial charge in [-0.2, -0.15) is 0 Å². The number of hydrogen-bond donors (Lipinski definition) is 0. The van der Waals surface area contributed by atoms with Crippen LogP contribution in [-0.4, -0.2) is 18.0 Å². The fourth-order valence-corrected chi connectivity index (χ4v) is 0.596. The molecule has 0 radical (unpaired) electrons. The van der Waals surface area contributed by atoms with Crippen LogP contribution in [0.5, 0.6) is 5.88 Å². The van der Waals surface area contributed by atoms with Crippen LogP contribution in [0.1, 0.15) is 0 Å². The number of hydrogen-bond acceptors (Lipinski definition) is 2. The molecule has 1 heterocycles. The second-order valence-electron chi connectivity index (χ2n) is 2.02. The van der Waals surface area contributed by atoms with Gasteiger partial charge in [0.2, 0.25) is 5.88 Å². The number of ether oxygens (including phenoxy) is 1. The molecular weight excluding hydrogens is 171 g/mol. The topological polar surface area (TPSA) is 22.1 Å². The zero-order chi connectivity index (χ0) is 8.97. The van der Waals surface area contributed by atoms with E-state index >= 15 is 0 Å². The van der Waals surface area contributed by atoms with E-state index in [1.54, 1.807) is 0 Å². The van der Waals surface area contributed by atoms with Gasteiger partial charge in [-0.25, -0.2) is 18.2 Å². The van der Waals surface area contributed by atoms with E-state index in [4.69, 9.17) is 0 Å². The molecule has 0 N–H and O–H groups in total. The third kappa shape index (κ3) is 2.77. The fraction of sp³-hybridized carbons (Fsp3) is 0.286. The maximum atomic E-state index is 12.2. The predicted octanol–water partition coefficient (Wildman–Crippen LogP) is 1.86. The summed E-state index contributed by atoms with van der Waals surface area (Å²) < 4.78 is 39.9. The van der Waals surface area contributed by atoms with Gasteiger partial charge in [0.05, 0.1) is 6.20 Å². The van der Waals surface area contributed by atoms with E-state index in [0.29, 0.717) is 0 Å². The Hall–Kier alpha value is -1.26. The van der Waals surface area contributed by atoms with Crippen LogP contribution in [0.3, 0.4) is 0 Å². The van der Waals surface area contributed by atoms with Gasteiger partial charge in [-0.3, -0.25) is 0 Å². The van der Waals surface area contributed by atoms with Gasteiger partial charge < -0.3 is 4.74 Å². The van der Waals surface area contributed by atoms with Crippen molar-refractivity contribution < 1.29 is 17.9 Å². The maximum Gasteiger partial charge on any atom is 0.272 e. The third-order valence-electron chi connectivity index (χ3n) is 1.06. The number of alkyl halides is 2. The molecule has 0 aliphatic rings. The van der Waals surface area contributed by atoms with E-state index in [2.05, 4.69) is 9.72 Å². The molecule has 1 aromatic heterocycles. The number of halogens is 3. The highest BCUT2D eigenvalue weighted by molar-refractivity contribution is 5.10. The lowest BCUT2D eigenvalue weighted by Gasteiger charge is -2.02. The normalized spacial score (nSPS) is 10.3. The van der Waals surface area contributed by atoms with Crippen LogP contribution < -0.4 is 4.74 Å². The van der Waals surface area contributed by atoms with Crippen molar-refractivity contribution in [1.82, 2.24) is 4.98 Å². The van der Waals surface area contributed by atoms with Crippen LogP contribution in [0.2, 0.25) is 0 Å². The summed E-state index contributed by atoms with van der Waals surface area (Å²) in [6, 6.07) is 2.28. The van der Waals surface area contributed by atoms with Crippen LogP contribution in [0.4, 0.5) is 13.2 Å². The molecule has 1 rings (SSSR count). The van der Waals surface area contributed by atoms with E-state index in [0.717, 1.165) is 12.3 Å². The molecule has 0 aliphatic heterocycles. The quantitative estimate of drug-likeness (QED) is 0.703. The Kier molecular flexibility index (Phi) is 2.90. The Morgan fingerprint density at radius 2 is 2.17 bits per heavy atom. The van der Waals surface area contributed by atoms with Gasteiger partial charge in [-0.15, -0.1) is 0 Å². The minimum Gasteiger partial charge on any atom is -0.472 e. The average molecular weight is 177 g/mol. The Morgan fingerprint density at radius 1 is 1.42 bits per heavy atom. The van der Waals surface area contributed by atoms with Crippen molar-refractivity contribution in [3.05, 3.63) is 24.1 Å². The number of pyridine rings is 1. The lowest BCUT2D eigenvalue weighted by atomic mass is 10.5. The molecule has 0 spiro atoms.